The van der Waals surface area contributed by atoms with Gasteiger partial charge in [-0.05, 0) is 74.7 Å². The highest BCUT2D eigenvalue weighted by atomic mass is 35.5. The lowest BCUT2D eigenvalue weighted by molar-refractivity contribution is -0.123. The van der Waals surface area contributed by atoms with Crippen LogP contribution < -0.4 is 15.1 Å². The fourth-order valence-electron chi connectivity index (χ4n) is 3.37. The number of aryl methyl sites for hydroxylation is 1. The Morgan fingerprint density at radius 1 is 1.28 bits per heavy atom. The van der Waals surface area contributed by atoms with E-state index >= 15 is 0 Å². The van der Waals surface area contributed by atoms with Gasteiger partial charge in [-0.1, -0.05) is 23.7 Å². The number of nitrogens with zero attached hydrogens (tertiary/aromatic N) is 2. The first-order valence-corrected chi connectivity index (χ1v) is 9.84. The topological polar surface area (TPSA) is 53.9 Å². The molecular weight excluding hydrogens is 386 g/mol. The van der Waals surface area contributed by atoms with Gasteiger partial charge in [-0.15, -0.1) is 0 Å². The number of likely N-dealkylation sites (N-methyl/N-ethyl adjacent to an activating group) is 1. The van der Waals surface area contributed by atoms with E-state index in [1.807, 2.05) is 6.92 Å². The molecule has 0 atom stereocenters. The first-order chi connectivity index (χ1) is 13.7. The number of anilines is 1. The molecule has 3 rings (SSSR count). The molecule has 2 aromatic rings. The summed E-state index contributed by atoms with van der Waals surface area (Å²) in [6, 6.07) is 11.2. The number of benzene rings is 2. The van der Waals surface area contributed by atoms with Gasteiger partial charge in [0, 0.05) is 23.3 Å². The van der Waals surface area contributed by atoms with Crippen LogP contribution in [-0.4, -0.2) is 31.3 Å². The Balaban J connectivity index is 1.67. The minimum absolute atomic E-state index is 0.0317. The highest BCUT2D eigenvalue weighted by Gasteiger charge is 2.28. The number of halogens is 1. The Morgan fingerprint density at radius 2 is 2.03 bits per heavy atom. The molecule has 152 valence electrons. The molecule has 0 radical (unpaired) electrons. The lowest BCUT2D eigenvalue weighted by atomic mass is 9.87. The van der Waals surface area contributed by atoms with Crippen LogP contribution >= 0.6 is 11.6 Å². The second-order valence-corrected chi connectivity index (χ2v) is 8.24. The molecule has 0 saturated heterocycles. The summed E-state index contributed by atoms with van der Waals surface area (Å²) in [6.07, 6.45) is 3.93. The Hall–Kier alpha value is -2.79. The van der Waals surface area contributed by atoms with Crippen molar-refractivity contribution in [1.29, 1.82) is 0 Å². The van der Waals surface area contributed by atoms with Gasteiger partial charge in [-0.25, -0.2) is 5.43 Å². The van der Waals surface area contributed by atoms with Gasteiger partial charge in [0.1, 0.15) is 5.75 Å². The van der Waals surface area contributed by atoms with E-state index in [2.05, 4.69) is 61.5 Å². The van der Waals surface area contributed by atoms with Crippen molar-refractivity contribution in [3.63, 3.8) is 0 Å². The smallest absolute Gasteiger partial charge is 0.277 e. The number of hydrogen-bond donors (Lipinski definition) is 1. The SMILES string of the molecule is CC1=CC(C)(C)N(C)c2cc(C)c(/C=N/NC(=O)COc3cccc(Cl)c3)cc21. The van der Waals surface area contributed by atoms with E-state index in [1.165, 1.54) is 16.8 Å². The molecule has 0 fully saturated rings. The maximum atomic E-state index is 12.0. The van der Waals surface area contributed by atoms with Crippen LogP contribution in [0.1, 0.15) is 37.5 Å². The summed E-state index contributed by atoms with van der Waals surface area (Å²) in [7, 11) is 2.11. The van der Waals surface area contributed by atoms with Crippen LogP contribution in [-0.2, 0) is 4.79 Å². The van der Waals surface area contributed by atoms with Crippen LogP contribution in [0.4, 0.5) is 5.69 Å². The van der Waals surface area contributed by atoms with Crippen LogP contribution in [0.3, 0.4) is 0 Å². The monoisotopic (exact) mass is 411 g/mol. The van der Waals surface area contributed by atoms with Gasteiger partial charge < -0.3 is 9.64 Å². The molecule has 1 aliphatic heterocycles. The van der Waals surface area contributed by atoms with Crippen LogP contribution in [0.2, 0.25) is 5.02 Å². The Labute approximate surface area is 177 Å². The van der Waals surface area contributed by atoms with Gasteiger partial charge in [-0.2, -0.15) is 5.10 Å². The number of ether oxygens (including phenoxy) is 1. The first-order valence-electron chi connectivity index (χ1n) is 9.46. The largest absolute Gasteiger partial charge is 0.484 e. The molecule has 6 heteroatoms. The molecule has 0 unspecified atom stereocenters. The summed E-state index contributed by atoms with van der Waals surface area (Å²) >= 11 is 5.90. The number of nitrogens with one attached hydrogen (secondary N) is 1. The first kappa shape index (κ1) is 20.9. The van der Waals surface area contributed by atoms with Crippen molar-refractivity contribution in [2.75, 3.05) is 18.6 Å². The molecule has 29 heavy (non-hydrogen) atoms. The lowest BCUT2D eigenvalue weighted by Gasteiger charge is -2.41. The van der Waals surface area contributed by atoms with E-state index in [9.17, 15) is 4.79 Å². The molecule has 0 spiro atoms. The Morgan fingerprint density at radius 3 is 2.76 bits per heavy atom. The second kappa shape index (κ2) is 8.29. The zero-order valence-corrected chi connectivity index (χ0v) is 18.2. The predicted octanol–water partition coefficient (Wildman–Crippen LogP) is 4.81. The maximum Gasteiger partial charge on any atom is 0.277 e. The van der Waals surface area contributed by atoms with Crippen molar-refractivity contribution < 1.29 is 9.53 Å². The summed E-state index contributed by atoms with van der Waals surface area (Å²) in [5.41, 5.74) is 8.13. The fourth-order valence-corrected chi connectivity index (χ4v) is 3.55. The Bertz CT molecular complexity index is 996. The second-order valence-electron chi connectivity index (χ2n) is 7.81. The highest BCUT2D eigenvalue weighted by molar-refractivity contribution is 6.30. The molecule has 0 saturated carbocycles. The van der Waals surface area contributed by atoms with Crippen molar-refractivity contribution in [2.24, 2.45) is 5.10 Å². The minimum Gasteiger partial charge on any atom is -0.484 e. The summed E-state index contributed by atoms with van der Waals surface area (Å²) < 4.78 is 5.41. The molecular formula is C23H26ClN3O2. The number of amides is 1. The molecule has 1 amide bonds. The van der Waals surface area contributed by atoms with Crippen molar-refractivity contribution in [3.05, 3.63) is 64.2 Å². The van der Waals surface area contributed by atoms with Crippen molar-refractivity contribution in [3.8, 4) is 5.75 Å². The van der Waals surface area contributed by atoms with Crippen LogP contribution in [0, 0.1) is 6.92 Å². The van der Waals surface area contributed by atoms with Gasteiger partial charge in [0.2, 0.25) is 0 Å². The van der Waals surface area contributed by atoms with Crippen molar-refractivity contribution in [2.45, 2.75) is 33.2 Å². The van der Waals surface area contributed by atoms with Crippen LogP contribution in [0.15, 0.2) is 47.6 Å². The van der Waals surface area contributed by atoms with E-state index in [-0.39, 0.29) is 18.1 Å². The number of carbonyl (C=O) groups excluding carboxylic acids is 1. The number of hydrazone groups is 1. The van der Waals surface area contributed by atoms with Gasteiger partial charge in [0.25, 0.3) is 5.91 Å². The number of rotatable bonds is 5. The zero-order valence-electron chi connectivity index (χ0n) is 17.4. The average Bonchev–Trinajstić information content (AvgIpc) is 2.65. The van der Waals surface area contributed by atoms with Gasteiger partial charge in [0.15, 0.2) is 6.61 Å². The molecule has 0 aliphatic carbocycles. The van der Waals surface area contributed by atoms with Crippen LogP contribution in [0.25, 0.3) is 5.57 Å². The third-order valence-corrected chi connectivity index (χ3v) is 5.40. The summed E-state index contributed by atoms with van der Waals surface area (Å²) in [4.78, 5) is 14.3. The fraction of sp³-hybridized carbons (Fsp3) is 0.304. The normalized spacial score (nSPS) is 15.1. The van der Waals surface area contributed by atoms with E-state index < -0.39 is 0 Å². The van der Waals surface area contributed by atoms with E-state index in [4.69, 9.17) is 16.3 Å². The van der Waals surface area contributed by atoms with Crippen molar-refractivity contribution in [1.82, 2.24) is 5.43 Å². The number of fused-ring (bicyclic) bond motifs is 1. The summed E-state index contributed by atoms with van der Waals surface area (Å²) in [5, 5.41) is 4.65. The summed E-state index contributed by atoms with van der Waals surface area (Å²) in [6.45, 7) is 8.43. The number of hydrogen-bond acceptors (Lipinski definition) is 4. The molecule has 1 heterocycles. The molecule has 0 bridgehead atoms. The van der Waals surface area contributed by atoms with Crippen LogP contribution in [0.5, 0.6) is 5.75 Å². The quantitative estimate of drug-likeness (QED) is 0.567. The van der Waals surface area contributed by atoms with E-state index in [0.717, 1.165) is 11.1 Å². The van der Waals surface area contributed by atoms with E-state index in [0.29, 0.717) is 10.8 Å². The number of allylic oxidation sites excluding steroid dienone is 1. The van der Waals surface area contributed by atoms with E-state index in [1.54, 1.807) is 30.5 Å². The predicted molar refractivity (Wildman–Crippen MR) is 120 cm³/mol. The molecule has 1 aliphatic rings. The molecule has 0 aromatic heterocycles. The third-order valence-electron chi connectivity index (χ3n) is 5.16. The Kier molecular flexibility index (Phi) is 5.99. The minimum atomic E-state index is -0.339. The summed E-state index contributed by atoms with van der Waals surface area (Å²) in [5.74, 6) is 0.200. The zero-order chi connectivity index (χ0) is 21.2. The van der Waals surface area contributed by atoms with Gasteiger partial charge in [-0.3, -0.25) is 4.79 Å². The van der Waals surface area contributed by atoms with Gasteiger partial charge >= 0.3 is 0 Å². The standard InChI is InChI=1S/C23H26ClN3O2/c1-15-9-21-20(16(2)12-23(3,4)27(21)5)10-17(15)13-25-26-22(28)14-29-19-8-6-7-18(24)11-19/h6-13H,14H2,1-5H3,(H,26,28)/b25-13+. The third kappa shape index (κ3) is 4.80. The average molecular weight is 412 g/mol. The molecule has 1 N–H and O–H groups in total. The lowest BCUT2D eigenvalue weighted by Crippen LogP contribution is -2.42. The highest BCUT2D eigenvalue weighted by Crippen LogP contribution is 2.38. The van der Waals surface area contributed by atoms with Crippen molar-refractivity contribution >= 4 is 35.0 Å². The number of carbonyl (C=O) groups is 1. The maximum absolute atomic E-state index is 12.0. The molecule has 2 aromatic carbocycles. The molecule has 5 nitrogen and oxygen atoms in total. The van der Waals surface area contributed by atoms with Gasteiger partial charge in [0.05, 0.1) is 11.8 Å².